The topological polar surface area (TPSA) is 101 Å². The molecule has 0 saturated heterocycles. The summed E-state index contributed by atoms with van der Waals surface area (Å²) in [5.41, 5.74) is 6.57. The Kier molecular flexibility index (Phi) is 8.35. The van der Waals surface area contributed by atoms with Crippen molar-refractivity contribution in [2.24, 2.45) is 17.6 Å². The molecule has 0 aliphatic rings. The Morgan fingerprint density at radius 2 is 1.63 bits per heavy atom. The van der Waals surface area contributed by atoms with E-state index in [1.807, 2.05) is 0 Å². The van der Waals surface area contributed by atoms with E-state index >= 15 is 0 Å². The molecule has 0 bridgehead atoms. The standard InChI is InChI=1S/C22H25ClFN3O3/c1-13(2)19(27-21(29)15-5-7-17(23)8-6-15)22(30)26-12-16(20(25)28)11-14-3-9-18(24)10-4-14/h3-10,13,16,19H,11-12H2,1-2H3,(H2,25,28)(H,26,30)(H,27,29)/t16-,19+/m0/s1. The highest BCUT2D eigenvalue weighted by atomic mass is 35.5. The van der Waals surface area contributed by atoms with Gasteiger partial charge in [0.15, 0.2) is 0 Å². The van der Waals surface area contributed by atoms with Crippen LogP contribution in [0.3, 0.4) is 0 Å². The number of benzene rings is 2. The van der Waals surface area contributed by atoms with Crippen molar-refractivity contribution in [1.82, 2.24) is 10.6 Å². The lowest BCUT2D eigenvalue weighted by Gasteiger charge is -2.23. The fourth-order valence-electron chi connectivity index (χ4n) is 2.87. The third kappa shape index (κ3) is 6.84. The van der Waals surface area contributed by atoms with E-state index in [-0.39, 0.29) is 24.7 Å². The Hall–Kier alpha value is -2.93. The second kappa shape index (κ2) is 10.7. The van der Waals surface area contributed by atoms with Gasteiger partial charge in [-0.3, -0.25) is 14.4 Å². The summed E-state index contributed by atoms with van der Waals surface area (Å²) in [5.74, 6) is -2.63. The van der Waals surface area contributed by atoms with Gasteiger partial charge in [0.1, 0.15) is 11.9 Å². The van der Waals surface area contributed by atoms with E-state index in [9.17, 15) is 18.8 Å². The number of primary amides is 1. The SMILES string of the molecule is CC(C)[C@@H](NC(=O)c1ccc(Cl)cc1)C(=O)NC[C@H](Cc1ccc(F)cc1)C(N)=O. The maximum absolute atomic E-state index is 13.1. The molecule has 0 fully saturated rings. The van der Waals surface area contributed by atoms with Crippen LogP contribution in [0.2, 0.25) is 5.02 Å². The fourth-order valence-corrected chi connectivity index (χ4v) is 3.00. The predicted molar refractivity (Wildman–Crippen MR) is 113 cm³/mol. The van der Waals surface area contributed by atoms with E-state index in [0.29, 0.717) is 10.6 Å². The largest absolute Gasteiger partial charge is 0.369 e. The Bertz CT molecular complexity index is 886. The Balaban J connectivity index is 2.00. The van der Waals surface area contributed by atoms with Crippen molar-refractivity contribution >= 4 is 29.3 Å². The van der Waals surface area contributed by atoms with Gasteiger partial charge < -0.3 is 16.4 Å². The molecule has 2 atom stereocenters. The molecule has 0 aliphatic carbocycles. The lowest BCUT2D eigenvalue weighted by molar-refractivity contribution is -0.125. The number of hydrogen-bond acceptors (Lipinski definition) is 3. The number of amides is 3. The van der Waals surface area contributed by atoms with Gasteiger partial charge in [-0.1, -0.05) is 37.6 Å². The zero-order chi connectivity index (χ0) is 22.3. The summed E-state index contributed by atoms with van der Waals surface area (Å²) in [6.45, 7) is 3.61. The van der Waals surface area contributed by atoms with Crippen LogP contribution in [0.15, 0.2) is 48.5 Å². The van der Waals surface area contributed by atoms with Gasteiger partial charge in [-0.05, 0) is 54.3 Å². The Morgan fingerprint density at radius 3 is 2.17 bits per heavy atom. The smallest absolute Gasteiger partial charge is 0.251 e. The van der Waals surface area contributed by atoms with Crippen LogP contribution in [0.4, 0.5) is 4.39 Å². The lowest BCUT2D eigenvalue weighted by atomic mass is 9.97. The second-order valence-electron chi connectivity index (χ2n) is 7.38. The van der Waals surface area contributed by atoms with Crippen LogP contribution in [0, 0.1) is 17.7 Å². The summed E-state index contributed by atoms with van der Waals surface area (Å²) in [7, 11) is 0. The number of hydrogen-bond donors (Lipinski definition) is 3. The van der Waals surface area contributed by atoms with Crippen LogP contribution in [0.25, 0.3) is 0 Å². The number of halogens is 2. The summed E-state index contributed by atoms with van der Waals surface area (Å²) in [5, 5.41) is 5.91. The minimum absolute atomic E-state index is 0.00553. The third-order valence-corrected chi connectivity index (χ3v) is 4.91. The molecule has 0 radical (unpaired) electrons. The molecule has 4 N–H and O–H groups in total. The van der Waals surface area contributed by atoms with Gasteiger partial charge in [0.05, 0.1) is 5.92 Å². The van der Waals surface area contributed by atoms with E-state index in [4.69, 9.17) is 17.3 Å². The molecule has 8 heteroatoms. The third-order valence-electron chi connectivity index (χ3n) is 4.66. The van der Waals surface area contributed by atoms with Crippen LogP contribution in [-0.2, 0) is 16.0 Å². The number of carbonyl (C=O) groups is 3. The first-order valence-corrected chi connectivity index (χ1v) is 9.93. The second-order valence-corrected chi connectivity index (χ2v) is 7.81. The normalized spacial score (nSPS) is 12.8. The first-order chi connectivity index (χ1) is 14.2. The van der Waals surface area contributed by atoms with Crippen molar-refractivity contribution in [1.29, 1.82) is 0 Å². The van der Waals surface area contributed by atoms with Gasteiger partial charge in [-0.2, -0.15) is 0 Å². The number of rotatable bonds is 9. The number of nitrogens with two attached hydrogens (primary N) is 1. The molecule has 0 saturated carbocycles. The molecule has 0 aromatic heterocycles. The molecule has 0 unspecified atom stereocenters. The molecular weight excluding hydrogens is 409 g/mol. The van der Waals surface area contributed by atoms with Crippen LogP contribution >= 0.6 is 11.6 Å². The lowest BCUT2D eigenvalue weighted by Crippen LogP contribution is -2.51. The summed E-state index contributed by atoms with van der Waals surface area (Å²) < 4.78 is 13.1. The molecule has 6 nitrogen and oxygen atoms in total. The Morgan fingerprint density at radius 1 is 1.03 bits per heavy atom. The average molecular weight is 434 g/mol. The average Bonchev–Trinajstić information content (AvgIpc) is 2.70. The van der Waals surface area contributed by atoms with Crippen molar-refractivity contribution in [3.05, 3.63) is 70.5 Å². The van der Waals surface area contributed by atoms with E-state index in [1.165, 1.54) is 12.1 Å². The maximum Gasteiger partial charge on any atom is 0.251 e. The highest BCUT2D eigenvalue weighted by molar-refractivity contribution is 6.30. The van der Waals surface area contributed by atoms with Gasteiger partial charge in [0, 0.05) is 17.1 Å². The minimum Gasteiger partial charge on any atom is -0.369 e. The van der Waals surface area contributed by atoms with Crippen LogP contribution < -0.4 is 16.4 Å². The molecular formula is C22H25ClFN3O3. The monoisotopic (exact) mass is 433 g/mol. The summed E-state index contributed by atoms with van der Waals surface area (Å²) in [6.07, 6.45) is 0.263. The molecule has 2 aromatic carbocycles. The van der Waals surface area contributed by atoms with Crippen LogP contribution in [0.5, 0.6) is 0 Å². The molecule has 160 valence electrons. The van der Waals surface area contributed by atoms with E-state index < -0.39 is 29.7 Å². The number of nitrogens with one attached hydrogen (secondary N) is 2. The summed E-state index contributed by atoms with van der Waals surface area (Å²) in [4.78, 5) is 36.9. The van der Waals surface area contributed by atoms with Crippen molar-refractivity contribution in [3.8, 4) is 0 Å². The van der Waals surface area contributed by atoms with Crippen LogP contribution in [-0.4, -0.2) is 30.3 Å². The van der Waals surface area contributed by atoms with Gasteiger partial charge in [-0.25, -0.2) is 4.39 Å². The van der Waals surface area contributed by atoms with E-state index in [1.54, 1.807) is 50.2 Å². The molecule has 2 rings (SSSR count). The minimum atomic E-state index is -0.799. The first kappa shape index (κ1) is 23.3. The van der Waals surface area contributed by atoms with Gasteiger partial charge in [-0.15, -0.1) is 0 Å². The van der Waals surface area contributed by atoms with Crippen molar-refractivity contribution in [3.63, 3.8) is 0 Å². The highest BCUT2D eigenvalue weighted by Crippen LogP contribution is 2.12. The number of carbonyl (C=O) groups excluding carboxylic acids is 3. The summed E-state index contributed by atoms with van der Waals surface area (Å²) in [6, 6.07) is 11.2. The quantitative estimate of drug-likeness (QED) is 0.566. The first-order valence-electron chi connectivity index (χ1n) is 9.55. The van der Waals surface area contributed by atoms with E-state index in [0.717, 1.165) is 5.56 Å². The molecule has 2 aromatic rings. The van der Waals surface area contributed by atoms with Crippen LogP contribution in [0.1, 0.15) is 29.8 Å². The highest BCUT2D eigenvalue weighted by Gasteiger charge is 2.26. The zero-order valence-corrected chi connectivity index (χ0v) is 17.6. The molecule has 0 spiro atoms. The molecule has 30 heavy (non-hydrogen) atoms. The maximum atomic E-state index is 13.1. The molecule has 3 amide bonds. The zero-order valence-electron chi connectivity index (χ0n) is 16.8. The Labute approximate surface area is 180 Å². The molecule has 0 aliphatic heterocycles. The summed E-state index contributed by atoms with van der Waals surface area (Å²) >= 11 is 5.83. The van der Waals surface area contributed by atoms with Gasteiger partial charge in [0.2, 0.25) is 11.8 Å². The van der Waals surface area contributed by atoms with Gasteiger partial charge in [0.25, 0.3) is 5.91 Å². The van der Waals surface area contributed by atoms with Crippen molar-refractivity contribution in [2.45, 2.75) is 26.3 Å². The van der Waals surface area contributed by atoms with Crippen molar-refractivity contribution < 1.29 is 18.8 Å². The van der Waals surface area contributed by atoms with E-state index in [2.05, 4.69) is 10.6 Å². The predicted octanol–water partition coefficient (Wildman–Crippen LogP) is 2.69. The fraction of sp³-hybridized carbons (Fsp3) is 0.318. The van der Waals surface area contributed by atoms with Crippen molar-refractivity contribution in [2.75, 3.05) is 6.54 Å². The van der Waals surface area contributed by atoms with Gasteiger partial charge >= 0.3 is 0 Å². The molecule has 0 heterocycles.